The minimum absolute atomic E-state index is 0.0555. The molecule has 7 heteroatoms. The van der Waals surface area contributed by atoms with Crippen LogP contribution in [0.15, 0.2) is 23.6 Å². The third-order valence-electron chi connectivity index (χ3n) is 3.82. The van der Waals surface area contributed by atoms with Crippen molar-refractivity contribution < 1.29 is 13.2 Å². The molecule has 1 aromatic heterocycles. The van der Waals surface area contributed by atoms with Gasteiger partial charge in [0.15, 0.2) is 15.0 Å². The molecule has 0 saturated heterocycles. The number of benzene rings is 1. The number of carbonyl (C=O) groups is 1. The first kappa shape index (κ1) is 19.6. The molecule has 0 atom stereocenters. The van der Waals surface area contributed by atoms with Gasteiger partial charge in [-0.25, -0.2) is 13.4 Å². The molecule has 5 nitrogen and oxygen atoms in total. The van der Waals surface area contributed by atoms with Gasteiger partial charge in [-0.2, -0.15) is 0 Å². The Kier molecular flexibility index (Phi) is 6.72. The summed E-state index contributed by atoms with van der Waals surface area (Å²) in [7, 11) is -3.37. The van der Waals surface area contributed by atoms with Crippen LogP contribution in [0.3, 0.4) is 0 Å². The smallest absolute Gasteiger partial charge is 0.241 e. The van der Waals surface area contributed by atoms with Crippen LogP contribution in [-0.4, -0.2) is 30.8 Å². The number of aryl methyl sites for hydroxylation is 2. The van der Waals surface area contributed by atoms with E-state index in [0.29, 0.717) is 11.6 Å². The van der Waals surface area contributed by atoms with Crippen molar-refractivity contribution in [3.05, 3.63) is 34.7 Å². The fourth-order valence-electron chi connectivity index (χ4n) is 2.56. The lowest BCUT2D eigenvalue weighted by Crippen LogP contribution is -2.24. The Morgan fingerprint density at radius 3 is 2.68 bits per heavy atom. The molecule has 25 heavy (non-hydrogen) atoms. The Labute approximate surface area is 153 Å². The van der Waals surface area contributed by atoms with Crippen molar-refractivity contribution in [2.45, 2.75) is 40.0 Å². The topological polar surface area (TPSA) is 76.1 Å². The molecular formula is C18H24N2O3S2. The molecule has 0 radical (unpaired) electrons. The summed E-state index contributed by atoms with van der Waals surface area (Å²) in [5.41, 5.74) is 4.08. The summed E-state index contributed by atoms with van der Waals surface area (Å²) in [5, 5.41) is 4.88. The van der Waals surface area contributed by atoms with Crippen molar-refractivity contribution in [2.75, 3.05) is 16.8 Å². The van der Waals surface area contributed by atoms with Gasteiger partial charge in [0.2, 0.25) is 5.91 Å². The van der Waals surface area contributed by atoms with Crippen molar-refractivity contribution >= 4 is 32.2 Å². The van der Waals surface area contributed by atoms with E-state index in [1.165, 1.54) is 16.9 Å². The quantitative estimate of drug-likeness (QED) is 0.703. The maximum Gasteiger partial charge on any atom is 0.241 e. The minimum atomic E-state index is -3.37. The molecular weight excluding hydrogens is 356 g/mol. The number of rotatable bonds is 8. The molecule has 0 aliphatic carbocycles. The van der Waals surface area contributed by atoms with Crippen molar-refractivity contribution in [3.63, 3.8) is 0 Å². The van der Waals surface area contributed by atoms with Gasteiger partial charge in [-0.15, -0.1) is 11.3 Å². The van der Waals surface area contributed by atoms with E-state index < -0.39 is 21.5 Å². The number of anilines is 1. The maximum absolute atomic E-state index is 12.0. The van der Waals surface area contributed by atoms with Gasteiger partial charge in [0, 0.05) is 10.9 Å². The molecule has 136 valence electrons. The molecule has 1 aromatic carbocycles. The van der Waals surface area contributed by atoms with Crippen molar-refractivity contribution in [1.82, 2.24) is 4.98 Å². The van der Waals surface area contributed by atoms with Gasteiger partial charge in [0.25, 0.3) is 0 Å². The van der Waals surface area contributed by atoms with Crippen LogP contribution < -0.4 is 5.32 Å². The Bertz CT molecular complexity index is 842. The van der Waals surface area contributed by atoms with Crippen LogP contribution in [0.4, 0.5) is 5.13 Å². The lowest BCUT2D eigenvalue weighted by atomic mass is 10.0. The van der Waals surface area contributed by atoms with Gasteiger partial charge in [-0.05, 0) is 25.8 Å². The minimum Gasteiger partial charge on any atom is -0.301 e. The first-order chi connectivity index (χ1) is 11.8. The molecule has 0 bridgehead atoms. The summed E-state index contributed by atoms with van der Waals surface area (Å²) in [6.45, 7) is 6.06. The predicted octanol–water partition coefficient (Wildman–Crippen LogP) is 3.97. The Morgan fingerprint density at radius 1 is 1.24 bits per heavy atom. The Balaban J connectivity index is 2.00. The molecule has 0 aliphatic rings. The van der Waals surface area contributed by atoms with Crippen LogP contribution >= 0.6 is 11.3 Å². The maximum atomic E-state index is 12.0. The molecule has 0 fully saturated rings. The van der Waals surface area contributed by atoms with Gasteiger partial charge in [0.1, 0.15) is 5.75 Å². The summed E-state index contributed by atoms with van der Waals surface area (Å²) >= 11 is 1.30. The van der Waals surface area contributed by atoms with E-state index >= 15 is 0 Å². The highest BCUT2D eigenvalue weighted by Crippen LogP contribution is 2.28. The third-order valence-corrected chi connectivity index (χ3v) is 6.19. The number of carbonyl (C=O) groups excluding carboxylic acids is 1. The van der Waals surface area contributed by atoms with Gasteiger partial charge >= 0.3 is 0 Å². The van der Waals surface area contributed by atoms with E-state index in [1.807, 2.05) is 38.3 Å². The number of aromatic nitrogens is 1. The average Bonchev–Trinajstić information content (AvgIpc) is 2.94. The molecule has 0 unspecified atom stereocenters. The van der Waals surface area contributed by atoms with Crippen molar-refractivity contribution in [2.24, 2.45) is 0 Å². The van der Waals surface area contributed by atoms with E-state index in [-0.39, 0.29) is 5.75 Å². The number of thiazole rings is 1. The van der Waals surface area contributed by atoms with Gasteiger partial charge in [-0.1, -0.05) is 43.5 Å². The lowest BCUT2D eigenvalue weighted by Gasteiger charge is -2.05. The zero-order valence-corrected chi connectivity index (χ0v) is 16.5. The number of nitrogens with zero attached hydrogens (tertiary/aromatic N) is 1. The second kappa shape index (κ2) is 8.58. The van der Waals surface area contributed by atoms with E-state index in [4.69, 9.17) is 0 Å². The van der Waals surface area contributed by atoms with E-state index in [9.17, 15) is 13.2 Å². The number of hydrogen-bond donors (Lipinski definition) is 1. The van der Waals surface area contributed by atoms with E-state index in [0.717, 1.165) is 29.7 Å². The second-order valence-corrected chi connectivity index (χ2v) is 9.25. The molecule has 1 heterocycles. The molecule has 1 N–H and O–H groups in total. The van der Waals surface area contributed by atoms with Crippen LogP contribution in [-0.2, 0) is 14.6 Å². The lowest BCUT2D eigenvalue weighted by molar-refractivity contribution is -0.113. The van der Waals surface area contributed by atoms with Crippen molar-refractivity contribution in [3.8, 4) is 11.3 Å². The summed E-state index contributed by atoms with van der Waals surface area (Å²) in [4.78, 5) is 16.4. The highest BCUT2D eigenvalue weighted by Gasteiger charge is 2.17. The number of hydrogen-bond acceptors (Lipinski definition) is 5. The zero-order valence-electron chi connectivity index (χ0n) is 14.8. The van der Waals surface area contributed by atoms with Crippen LogP contribution in [0, 0.1) is 13.8 Å². The van der Waals surface area contributed by atoms with Crippen LogP contribution in [0.5, 0.6) is 0 Å². The van der Waals surface area contributed by atoms with Crippen molar-refractivity contribution in [1.29, 1.82) is 0 Å². The van der Waals surface area contributed by atoms with Gasteiger partial charge < -0.3 is 5.32 Å². The Hall–Kier alpha value is -1.73. The van der Waals surface area contributed by atoms with Gasteiger partial charge in [-0.3, -0.25) is 4.79 Å². The highest BCUT2D eigenvalue weighted by atomic mass is 32.2. The highest BCUT2D eigenvalue weighted by molar-refractivity contribution is 7.92. The normalized spacial score (nSPS) is 11.5. The molecule has 0 saturated carbocycles. The summed E-state index contributed by atoms with van der Waals surface area (Å²) in [6.07, 6.45) is 2.40. The third kappa shape index (κ3) is 5.93. The number of nitrogens with one attached hydrogen (secondary N) is 1. The number of unbranched alkanes of at least 4 members (excludes halogenated alkanes) is 2. The number of amides is 1. The molecule has 1 amide bonds. The fourth-order valence-corrected chi connectivity index (χ4v) is 4.54. The van der Waals surface area contributed by atoms with Crippen LogP contribution in [0.2, 0.25) is 0 Å². The van der Waals surface area contributed by atoms with E-state index in [2.05, 4.69) is 16.4 Å². The molecule has 0 spiro atoms. The second-order valence-electron chi connectivity index (χ2n) is 6.20. The van der Waals surface area contributed by atoms with Crippen LogP contribution in [0.1, 0.15) is 37.3 Å². The monoisotopic (exact) mass is 380 g/mol. The fraction of sp³-hybridized carbons (Fsp3) is 0.444. The summed E-state index contributed by atoms with van der Waals surface area (Å²) in [5.74, 6) is -0.965. The molecule has 2 rings (SSSR count). The SMILES string of the molecule is CCCCCS(=O)(=O)CC(=O)Nc1nc(-c2ccc(C)cc2C)cs1. The largest absolute Gasteiger partial charge is 0.301 e. The average molecular weight is 381 g/mol. The van der Waals surface area contributed by atoms with E-state index in [1.54, 1.807) is 0 Å². The standard InChI is InChI=1S/C18H24N2O3S2/c1-4-5-6-9-25(22,23)12-17(21)20-18-19-16(11-24-18)15-8-7-13(2)10-14(15)3/h7-8,10-11H,4-6,9,12H2,1-3H3,(H,19,20,21). The zero-order chi connectivity index (χ0) is 18.4. The predicted molar refractivity (Wildman–Crippen MR) is 104 cm³/mol. The number of sulfone groups is 1. The van der Waals surface area contributed by atoms with Crippen LogP contribution in [0.25, 0.3) is 11.3 Å². The first-order valence-corrected chi connectivity index (χ1v) is 11.0. The molecule has 2 aromatic rings. The molecule has 0 aliphatic heterocycles. The van der Waals surface area contributed by atoms with Gasteiger partial charge in [0.05, 0.1) is 11.4 Å². The summed E-state index contributed by atoms with van der Waals surface area (Å²) in [6, 6.07) is 6.10. The Morgan fingerprint density at radius 2 is 2.00 bits per heavy atom. The first-order valence-electron chi connectivity index (χ1n) is 8.34. The summed E-state index contributed by atoms with van der Waals surface area (Å²) < 4.78 is 23.9.